The van der Waals surface area contributed by atoms with Crippen LogP contribution in [0.2, 0.25) is 0 Å². The van der Waals surface area contributed by atoms with Gasteiger partial charge in [0.2, 0.25) is 0 Å². The number of nitrogens with zero attached hydrogens (tertiary/aromatic N) is 1. The third-order valence-electron chi connectivity index (χ3n) is 2.73. The summed E-state index contributed by atoms with van der Waals surface area (Å²) in [7, 11) is 0. The lowest BCUT2D eigenvalue weighted by molar-refractivity contribution is -0.139. The molecule has 7 heteroatoms. The van der Waals surface area contributed by atoms with Gasteiger partial charge in [-0.05, 0) is 6.42 Å². The summed E-state index contributed by atoms with van der Waals surface area (Å²) in [5.74, 6) is -0.676. The van der Waals surface area contributed by atoms with Gasteiger partial charge in [0.25, 0.3) is 0 Å². The molecule has 1 saturated heterocycles. The van der Waals surface area contributed by atoms with Gasteiger partial charge in [0.05, 0.1) is 0 Å². The summed E-state index contributed by atoms with van der Waals surface area (Å²) in [5, 5.41) is 8.38. The summed E-state index contributed by atoms with van der Waals surface area (Å²) < 4.78 is 0. The van der Waals surface area contributed by atoms with Gasteiger partial charge >= 0.3 is 11.8 Å². The van der Waals surface area contributed by atoms with Crippen molar-refractivity contribution in [3.63, 3.8) is 0 Å². The number of hydrogen-bond acceptors (Lipinski definition) is 4. The molecule has 1 rings (SSSR count). The minimum atomic E-state index is -0.583. The topological polar surface area (TPSA) is 73.5 Å². The molecule has 6 nitrogen and oxygen atoms in total. The minimum Gasteiger partial charge on any atom is -0.348 e. The predicted octanol–water partition coefficient (Wildman–Crippen LogP) is -1.25. The number of carbonyl (C=O) groups excluding carboxylic acids is 2. The van der Waals surface area contributed by atoms with Crippen LogP contribution in [0.5, 0.6) is 0 Å². The lowest BCUT2D eigenvalue weighted by Crippen LogP contribution is -2.47. The van der Waals surface area contributed by atoms with E-state index < -0.39 is 11.8 Å². The van der Waals surface area contributed by atoms with E-state index in [2.05, 4.69) is 20.9 Å². The zero-order valence-electron chi connectivity index (χ0n) is 10.5. The Morgan fingerprint density at radius 2 is 1.72 bits per heavy atom. The Morgan fingerprint density at radius 3 is 2.33 bits per heavy atom. The van der Waals surface area contributed by atoms with E-state index in [1.807, 2.05) is 0 Å². The van der Waals surface area contributed by atoms with Crippen LogP contribution in [-0.4, -0.2) is 68.4 Å². The van der Waals surface area contributed by atoms with Gasteiger partial charge in [0.1, 0.15) is 0 Å². The molecule has 1 fully saturated rings. The highest BCUT2D eigenvalue weighted by atomic mass is 35.5. The molecule has 0 radical (unpaired) electrons. The van der Waals surface area contributed by atoms with Gasteiger partial charge in [-0.25, -0.2) is 0 Å². The van der Waals surface area contributed by atoms with Crippen molar-refractivity contribution in [2.75, 3.05) is 51.7 Å². The zero-order chi connectivity index (χ0) is 13.2. The molecule has 0 aliphatic carbocycles. The molecule has 0 saturated carbocycles. The smallest absolute Gasteiger partial charge is 0.309 e. The first kappa shape index (κ1) is 15.2. The van der Waals surface area contributed by atoms with Crippen molar-refractivity contribution in [2.45, 2.75) is 6.42 Å². The number of nitrogens with one attached hydrogen (secondary N) is 3. The first-order valence-corrected chi connectivity index (χ1v) is 6.82. The van der Waals surface area contributed by atoms with Crippen LogP contribution in [0.4, 0.5) is 0 Å². The van der Waals surface area contributed by atoms with E-state index in [0.29, 0.717) is 25.4 Å². The van der Waals surface area contributed by atoms with Crippen LogP contribution in [0.3, 0.4) is 0 Å². The Morgan fingerprint density at radius 1 is 1.11 bits per heavy atom. The van der Waals surface area contributed by atoms with Gasteiger partial charge in [-0.1, -0.05) is 0 Å². The molecule has 0 atom stereocenters. The number of carbonyl (C=O) groups is 2. The van der Waals surface area contributed by atoms with Gasteiger partial charge in [0.15, 0.2) is 0 Å². The van der Waals surface area contributed by atoms with Crippen LogP contribution < -0.4 is 16.0 Å². The summed E-state index contributed by atoms with van der Waals surface area (Å²) in [6, 6.07) is 0. The van der Waals surface area contributed by atoms with E-state index in [4.69, 9.17) is 11.6 Å². The van der Waals surface area contributed by atoms with E-state index >= 15 is 0 Å². The molecule has 104 valence electrons. The molecular weight excluding hydrogens is 256 g/mol. The van der Waals surface area contributed by atoms with Crippen LogP contribution in [0.25, 0.3) is 0 Å². The molecule has 3 N–H and O–H groups in total. The number of amides is 2. The second-order valence-electron chi connectivity index (χ2n) is 4.15. The predicted molar refractivity (Wildman–Crippen MR) is 70.7 cm³/mol. The van der Waals surface area contributed by atoms with E-state index in [1.54, 1.807) is 0 Å². The minimum absolute atomic E-state index is 0.438. The second kappa shape index (κ2) is 9.13. The van der Waals surface area contributed by atoms with Crippen molar-refractivity contribution < 1.29 is 9.59 Å². The maximum atomic E-state index is 11.4. The zero-order valence-corrected chi connectivity index (χ0v) is 11.3. The van der Waals surface area contributed by atoms with Gasteiger partial charge in [-0.15, -0.1) is 11.6 Å². The van der Waals surface area contributed by atoms with Crippen molar-refractivity contribution in [1.29, 1.82) is 0 Å². The Kier molecular flexibility index (Phi) is 7.71. The molecule has 0 bridgehead atoms. The fraction of sp³-hybridized carbons (Fsp3) is 0.818. The highest BCUT2D eigenvalue weighted by molar-refractivity contribution is 6.35. The third-order valence-corrected chi connectivity index (χ3v) is 2.99. The Bertz CT molecular complexity index is 270. The molecule has 2 amide bonds. The molecule has 0 unspecified atom stereocenters. The van der Waals surface area contributed by atoms with E-state index in [0.717, 1.165) is 32.7 Å². The largest absolute Gasteiger partial charge is 0.348 e. The highest BCUT2D eigenvalue weighted by Crippen LogP contribution is 1.89. The van der Waals surface area contributed by atoms with Crippen LogP contribution in [0.15, 0.2) is 0 Å². The van der Waals surface area contributed by atoms with Gasteiger partial charge in [0, 0.05) is 51.7 Å². The average Bonchev–Trinajstić information content (AvgIpc) is 2.40. The van der Waals surface area contributed by atoms with E-state index in [-0.39, 0.29) is 0 Å². The van der Waals surface area contributed by atoms with Crippen molar-refractivity contribution in [2.24, 2.45) is 0 Å². The number of piperazine rings is 1. The molecule has 1 aliphatic heterocycles. The lowest BCUT2D eigenvalue weighted by atomic mass is 10.3. The fourth-order valence-electron chi connectivity index (χ4n) is 1.69. The van der Waals surface area contributed by atoms with Crippen LogP contribution >= 0.6 is 11.6 Å². The molecule has 0 aromatic rings. The Labute approximate surface area is 112 Å². The number of rotatable bonds is 6. The lowest BCUT2D eigenvalue weighted by Gasteiger charge is -2.26. The normalized spacial score (nSPS) is 16.3. The van der Waals surface area contributed by atoms with Crippen molar-refractivity contribution in [1.82, 2.24) is 20.9 Å². The summed E-state index contributed by atoms with van der Waals surface area (Å²) in [6.45, 7) is 5.65. The first-order chi connectivity index (χ1) is 8.74. The molecule has 0 spiro atoms. The van der Waals surface area contributed by atoms with Gasteiger partial charge < -0.3 is 16.0 Å². The number of halogens is 1. The standard InChI is InChI=1S/C11H21ClN4O2/c12-2-1-3-14-10(17)11(18)15-6-9-16-7-4-13-5-8-16/h13H,1-9H2,(H,14,17)(H,15,18). The summed E-state index contributed by atoms with van der Waals surface area (Å²) in [5.41, 5.74) is 0. The van der Waals surface area contributed by atoms with E-state index in [1.165, 1.54) is 0 Å². The SMILES string of the molecule is O=C(NCCCCl)C(=O)NCCN1CCNCC1. The average molecular weight is 277 g/mol. The molecule has 1 aliphatic rings. The second-order valence-corrected chi connectivity index (χ2v) is 4.52. The summed E-state index contributed by atoms with van der Waals surface area (Å²) >= 11 is 5.47. The number of hydrogen-bond donors (Lipinski definition) is 3. The highest BCUT2D eigenvalue weighted by Gasteiger charge is 2.13. The molecule has 0 aromatic heterocycles. The van der Waals surface area contributed by atoms with Crippen molar-refractivity contribution in [3.8, 4) is 0 Å². The maximum absolute atomic E-state index is 11.4. The van der Waals surface area contributed by atoms with Crippen LogP contribution in [0, 0.1) is 0 Å². The van der Waals surface area contributed by atoms with Crippen LogP contribution in [-0.2, 0) is 9.59 Å². The molecule has 0 aromatic carbocycles. The Balaban J connectivity index is 2.06. The molecule has 18 heavy (non-hydrogen) atoms. The first-order valence-electron chi connectivity index (χ1n) is 6.29. The summed E-state index contributed by atoms with van der Waals surface area (Å²) in [6.07, 6.45) is 0.668. The van der Waals surface area contributed by atoms with E-state index in [9.17, 15) is 9.59 Å². The molecule has 1 heterocycles. The van der Waals surface area contributed by atoms with Gasteiger partial charge in [-0.3, -0.25) is 14.5 Å². The van der Waals surface area contributed by atoms with Crippen molar-refractivity contribution in [3.05, 3.63) is 0 Å². The number of alkyl halides is 1. The van der Waals surface area contributed by atoms with Gasteiger partial charge in [-0.2, -0.15) is 0 Å². The monoisotopic (exact) mass is 276 g/mol. The van der Waals surface area contributed by atoms with Crippen molar-refractivity contribution >= 4 is 23.4 Å². The maximum Gasteiger partial charge on any atom is 0.309 e. The van der Waals surface area contributed by atoms with Crippen LogP contribution in [0.1, 0.15) is 6.42 Å². The summed E-state index contributed by atoms with van der Waals surface area (Å²) in [4.78, 5) is 25.0. The Hall–Kier alpha value is -0.850. The third kappa shape index (κ3) is 6.18. The molecular formula is C11H21ClN4O2. The fourth-order valence-corrected chi connectivity index (χ4v) is 1.83. The quantitative estimate of drug-likeness (QED) is 0.322.